The quantitative estimate of drug-likeness (QED) is 0.581. The first-order chi connectivity index (χ1) is 9.10. The summed E-state index contributed by atoms with van der Waals surface area (Å²) in [5.41, 5.74) is 1.42. The van der Waals surface area contributed by atoms with Gasteiger partial charge in [-0.05, 0) is 37.3 Å². The standard InChI is InChI=1S/C13H15N3O2S/c1-3-6-14-13(19)15-9-4-5-11-10(7-9)16-12(17)8(2)18-11/h3-5,7-8H,1,6H2,2H3,(H,16,17)(H2,14,15,19)/t8-/m0/s1. The molecule has 6 heteroatoms. The van der Waals surface area contributed by atoms with Crippen LogP contribution >= 0.6 is 12.2 Å². The van der Waals surface area contributed by atoms with Gasteiger partial charge < -0.3 is 20.7 Å². The van der Waals surface area contributed by atoms with E-state index in [9.17, 15) is 4.79 Å². The maximum Gasteiger partial charge on any atom is 0.265 e. The van der Waals surface area contributed by atoms with Crippen LogP contribution in [0.15, 0.2) is 30.9 Å². The summed E-state index contributed by atoms with van der Waals surface area (Å²) in [6, 6.07) is 5.41. The maximum atomic E-state index is 11.5. The number of ether oxygens (including phenoxy) is 1. The molecule has 100 valence electrons. The molecule has 19 heavy (non-hydrogen) atoms. The highest BCUT2D eigenvalue weighted by Crippen LogP contribution is 2.32. The van der Waals surface area contributed by atoms with Crippen LogP contribution in [-0.4, -0.2) is 23.7 Å². The van der Waals surface area contributed by atoms with Gasteiger partial charge in [0.1, 0.15) is 5.75 Å². The van der Waals surface area contributed by atoms with Crippen LogP contribution < -0.4 is 20.7 Å². The van der Waals surface area contributed by atoms with Gasteiger partial charge in [-0.1, -0.05) is 6.08 Å². The third-order valence-corrected chi connectivity index (χ3v) is 2.82. The van der Waals surface area contributed by atoms with Crippen molar-refractivity contribution in [2.75, 3.05) is 17.2 Å². The topological polar surface area (TPSA) is 62.4 Å². The number of amides is 1. The molecule has 1 atom stereocenters. The van der Waals surface area contributed by atoms with E-state index in [1.165, 1.54) is 0 Å². The zero-order chi connectivity index (χ0) is 13.8. The number of nitrogens with one attached hydrogen (secondary N) is 3. The number of hydrogen-bond acceptors (Lipinski definition) is 3. The van der Waals surface area contributed by atoms with E-state index in [0.717, 1.165) is 5.69 Å². The number of thiocarbonyl (C=S) groups is 1. The summed E-state index contributed by atoms with van der Waals surface area (Å²) in [6.07, 6.45) is 1.25. The molecule has 0 radical (unpaired) electrons. The van der Waals surface area contributed by atoms with Crippen LogP contribution in [0.5, 0.6) is 5.75 Å². The van der Waals surface area contributed by atoms with Gasteiger partial charge in [0.15, 0.2) is 11.2 Å². The van der Waals surface area contributed by atoms with Crippen molar-refractivity contribution in [1.29, 1.82) is 0 Å². The Hall–Kier alpha value is -2.08. The molecule has 2 rings (SSSR count). The van der Waals surface area contributed by atoms with Gasteiger partial charge in [0.25, 0.3) is 5.91 Å². The Kier molecular flexibility index (Phi) is 4.01. The maximum absolute atomic E-state index is 11.5. The van der Waals surface area contributed by atoms with E-state index >= 15 is 0 Å². The lowest BCUT2D eigenvalue weighted by Gasteiger charge is -2.23. The van der Waals surface area contributed by atoms with Gasteiger partial charge in [-0.2, -0.15) is 0 Å². The molecule has 1 aliphatic rings. The van der Waals surface area contributed by atoms with Crippen LogP contribution in [0.2, 0.25) is 0 Å². The molecule has 1 aliphatic heterocycles. The number of benzene rings is 1. The fourth-order valence-corrected chi connectivity index (χ4v) is 1.83. The predicted molar refractivity (Wildman–Crippen MR) is 79.6 cm³/mol. The molecule has 0 aliphatic carbocycles. The summed E-state index contributed by atoms with van der Waals surface area (Å²) in [7, 11) is 0. The molecule has 0 unspecified atom stereocenters. The second-order valence-corrected chi connectivity index (χ2v) is 4.49. The Balaban J connectivity index is 2.09. The normalized spacial score (nSPS) is 16.7. The largest absolute Gasteiger partial charge is 0.479 e. The van der Waals surface area contributed by atoms with E-state index in [-0.39, 0.29) is 5.91 Å². The summed E-state index contributed by atoms with van der Waals surface area (Å²) < 4.78 is 5.47. The van der Waals surface area contributed by atoms with Crippen molar-refractivity contribution in [3.05, 3.63) is 30.9 Å². The highest BCUT2D eigenvalue weighted by molar-refractivity contribution is 7.80. The van der Waals surface area contributed by atoms with Gasteiger partial charge in [0, 0.05) is 12.2 Å². The van der Waals surface area contributed by atoms with Gasteiger partial charge in [-0.25, -0.2) is 0 Å². The molecule has 1 aromatic carbocycles. The van der Waals surface area contributed by atoms with E-state index in [4.69, 9.17) is 17.0 Å². The summed E-state index contributed by atoms with van der Waals surface area (Å²) in [6.45, 7) is 5.90. The molecule has 0 aromatic heterocycles. The fraction of sp³-hybridized carbons (Fsp3) is 0.231. The number of carbonyl (C=O) groups is 1. The number of fused-ring (bicyclic) bond motifs is 1. The minimum absolute atomic E-state index is 0.156. The van der Waals surface area contributed by atoms with Crippen molar-refractivity contribution in [3.63, 3.8) is 0 Å². The Labute approximate surface area is 117 Å². The van der Waals surface area contributed by atoms with Crippen LogP contribution in [0.25, 0.3) is 0 Å². The lowest BCUT2D eigenvalue weighted by Crippen LogP contribution is -2.34. The van der Waals surface area contributed by atoms with E-state index in [2.05, 4.69) is 22.5 Å². The van der Waals surface area contributed by atoms with Gasteiger partial charge >= 0.3 is 0 Å². The zero-order valence-corrected chi connectivity index (χ0v) is 11.3. The van der Waals surface area contributed by atoms with Crippen molar-refractivity contribution < 1.29 is 9.53 Å². The fourth-order valence-electron chi connectivity index (χ4n) is 1.63. The number of carbonyl (C=O) groups excluding carboxylic acids is 1. The van der Waals surface area contributed by atoms with E-state index in [1.807, 2.05) is 6.07 Å². The minimum atomic E-state index is -0.471. The summed E-state index contributed by atoms with van der Waals surface area (Å²) in [5.74, 6) is 0.500. The smallest absolute Gasteiger partial charge is 0.265 e. The third-order valence-electron chi connectivity index (χ3n) is 2.58. The average molecular weight is 277 g/mol. The van der Waals surface area contributed by atoms with Crippen molar-refractivity contribution >= 4 is 34.6 Å². The van der Waals surface area contributed by atoms with E-state index < -0.39 is 6.10 Å². The van der Waals surface area contributed by atoms with Crippen LogP contribution in [0.3, 0.4) is 0 Å². The number of anilines is 2. The van der Waals surface area contributed by atoms with Gasteiger partial charge in [-0.3, -0.25) is 4.79 Å². The van der Waals surface area contributed by atoms with E-state index in [0.29, 0.717) is 23.1 Å². The lowest BCUT2D eigenvalue weighted by atomic mass is 10.2. The van der Waals surface area contributed by atoms with Crippen LogP contribution in [0.4, 0.5) is 11.4 Å². The molecule has 1 heterocycles. The molecule has 0 saturated carbocycles. The molecule has 0 saturated heterocycles. The van der Waals surface area contributed by atoms with Crippen LogP contribution in [0.1, 0.15) is 6.92 Å². The van der Waals surface area contributed by atoms with Gasteiger partial charge in [0.2, 0.25) is 0 Å². The minimum Gasteiger partial charge on any atom is -0.479 e. The Morgan fingerprint density at radius 2 is 2.42 bits per heavy atom. The third kappa shape index (κ3) is 3.23. The molecule has 1 aromatic rings. The summed E-state index contributed by atoms with van der Waals surface area (Å²) >= 11 is 5.11. The second-order valence-electron chi connectivity index (χ2n) is 4.08. The molecule has 5 nitrogen and oxygen atoms in total. The van der Waals surface area contributed by atoms with Crippen LogP contribution in [0, 0.1) is 0 Å². The first-order valence-electron chi connectivity index (χ1n) is 5.87. The molecule has 0 spiro atoms. The molecular formula is C13H15N3O2S. The average Bonchev–Trinajstić information content (AvgIpc) is 2.38. The Morgan fingerprint density at radius 3 is 3.16 bits per heavy atom. The van der Waals surface area contributed by atoms with E-state index in [1.54, 1.807) is 25.1 Å². The Morgan fingerprint density at radius 1 is 1.63 bits per heavy atom. The van der Waals surface area contributed by atoms with Gasteiger partial charge in [-0.15, -0.1) is 6.58 Å². The SMILES string of the molecule is C=CCNC(=S)Nc1ccc2c(c1)NC(=O)[C@H](C)O2. The second kappa shape index (κ2) is 5.71. The van der Waals surface area contributed by atoms with Crippen molar-refractivity contribution in [1.82, 2.24) is 5.32 Å². The van der Waals surface area contributed by atoms with Crippen LogP contribution in [-0.2, 0) is 4.79 Å². The molecule has 3 N–H and O–H groups in total. The molecule has 0 fully saturated rings. The van der Waals surface area contributed by atoms with Crippen molar-refractivity contribution in [2.24, 2.45) is 0 Å². The number of hydrogen-bond donors (Lipinski definition) is 3. The summed E-state index contributed by atoms with van der Waals surface area (Å²) in [4.78, 5) is 11.5. The highest BCUT2D eigenvalue weighted by Gasteiger charge is 2.23. The number of rotatable bonds is 3. The van der Waals surface area contributed by atoms with Gasteiger partial charge in [0.05, 0.1) is 5.69 Å². The van der Waals surface area contributed by atoms with Crippen molar-refractivity contribution in [2.45, 2.75) is 13.0 Å². The zero-order valence-electron chi connectivity index (χ0n) is 10.5. The highest BCUT2D eigenvalue weighted by atomic mass is 32.1. The van der Waals surface area contributed by atoms with Crippen molar-refractivity contribution in [3.8, 4) is 5.75 Å². The molecular weight excluding hydrogens is 262 g/mol. The predicted octanol–water partition coefficient (Wildman–Crippen LogP) is 1.88. The monoisotopic (exact) mass is 277 g/mol. The first kappa shape index (κ1) is 13.4. The lowest BCUT2D eigenvalue weighted by molar-refractivity contribution is -0.122. The summed E-state index contributed by atoms with van der Waals surface area (Å²) in [5, 5.41) is 9.26. The Bertz CT molecular complexity index is 531. The molecule has 1 amide bonds. The first-order valence-corrected chi connectivity index (χ1v) is 6.28. The molecule has 0 bridgehead atoms.